The predicted octanol–water partition coefficient (Wildman–Crippen LogP) is 4.27. The van der Waals surface area contributed by atoms with Crippen LogP contribution >= 0.6 is 34.8 Å². The molecule has 1 heterocycles. The van der Waals surface area contributed by atoms with Crippen molar-refractivity contribution in [3.05, 3.63) is 45.2 Å². The summed E-state index contributed by atoms with van der Waals surface area (Å²) in [5, 5.41) is 3.20. The lowest BCUT2D eigenvalue weighted by Crippen LogP contribution is -2.30. The topological polar surface area (TPSA) is 71.4 Å². The maximum absolute atomic E-state index is 12.7. The van der Waals surface area contributed by atoms with Crippen molar-refractivity contribution in [3.63, 3.8) is 0 Å². The van der Waals surface area contributed by atoms with E-state index in [1.807, 2.05) is 0 Å². The van der Waals surface area contributed by atoms with Crippen molar-refractivity contribution < 1.29 is 13.2 Å². The summed E-state index contributed by atoms with van der Waals surface area (Å²) in [5.74, 6) is -0.477. The standard InChI is InChI=1S/C16H18Cl3N3O3S/c1-4-22(5-2)26(24,25)14-8-10(6-7-11(14)17)20-16(23)13-9-12(18)15(19)21(13)3/h6-9H,4-5H2,1-3H3,(H,20,23). The third-order valence-electron chi connectivity index (χ3n) is 3.86. The highest BCUT2D eigenvalue weighted by molar-refractivity contribution is 7.89. The summed E-state index contributed by atoms with van der Waals surface area (Å²) in [6.07, 6.45) is 0. The van der Waals surface area contributed by atoms with Gasteiger partial charge in [-0.2, -0.15) is 4.31 Å². The highest BCUT2D eigenvalue weighted by atomic mass is 35.5. The molecule has 0 spiro atoms. The van der Waals surface area contributed by atoms with Gasteiger partial charge in [0, 0.05) is 25.8 Å². The minimum atomic E-state index is -3.76. The molecule has 1 N–H and O–H groups in total. The second-order valence-electron chi connectivity index (χ2n) is 5.42. The van der Waals surface area contributed by atoms with Crippen LogP contribution in [-0.2, 0) is 17.1 Å². The minimum Gasteiger partial charge on any atom is -0.329 e. The number of aromatic nitrogens is 1. The molecular weight excluding hydrogens is 421 g/mol. The van der Waals surface area contributed by atoms with E-state index in [1.165, 1.54) is 33.1 Å². The summed E-state index contributed by atoms with van der Waals surface area (Å²) in [6.45, 7) is 4.10. The molecule has 0 aliphatic heterocycles. The first-order valence-corrected chi connectivity index (χ1v) is 10.3. The molecule has 142 valence electrons. The van der Waals surface area contributed by atoms with Crippen LogP contribution in [0, 0.1) is 0 Å². The first-order chi connectivity index (χ1) is 12.1. The largest absolute Gasteiger partial charge is 0.329 e. The zero-order valence-electron chi connectivity index (χ0n) is 14.4. The fraction of sp³-hybridized carbons (Fsp3) is 0.312. The number of halogens is 3. The Bertz CT molecular complexity index is 938. The molecule has 0 aliphatic carbocycles. The molecule has 1 amide bonds. The van der Waals surface area contributed by atoms with Gasteiger partial charge < -0.3 is 9.88 Å². The summed E-state index contributed by atoms with van der Waals surface area (Å²) in [6, 6.07) is 5.72. The van der Waals surface area contributed by atoms with Crippen molar-refractivity contribution in [2.75, 3.05) is 18.4 Å². The third kappa shape index (κ3) is 4.02. The smallest absolute Gasteiger partial charge is 0.272 e. The van der Waals surface area contributed by atoms with Gasteiger partial charge in [0.2, 0.25) is 10.0 Å². The molecular formula is C16H18Cl3N3O3S. The quantitative estimate of drug-likeness (QED) is 0.732. The Morgan fingerprint density at radius 3 is 2.23 bits per heavy atom. The van der Waals surface area contributed by atoms with Gasteiger partial charge in [-0.1, -0.05) is 48.7 Å². The van der Waals surface area contributed by atoms with Crippen LogP contribution in [0.2, 0.25) is 15.2 Å². The highest BCUT2D eigenvalue weighted by Gasteiger charge is 2.25. The summed E-state index contributed by atoms with van der Waals surface area (Å²) < 4.78 is 28.2. The highest BCUT2D eigenvalue weighted by Crippen LogP contribution is 2.29. The van der Waals surface area contributed by atoms with Gasteiger partial charge in [0.1, 0.15) is 15.7 Å². The van der Waals surface area contributed by atoms with E-state index in [2.05, 4.69) is 5.32 Å². The molecule has 0 bridgehead atoms. The summed E-state index contributed by atoms with van der Waals surface area (Å²) in [4.78, 5) is 12.4. The summed E-state index contributed by atoms with van der Waals surface area (Å²) in [7, 11) is -2.16. The van der Waals surface area contributed by atoms with Crippen LogP contribution in [0.3, 0.4) is 0 Å². The van der Waals surface area contributed by atoms with Crippen LogP contribution < -0.4 is 5.32 Å². The molecule has 0 fully saturated rings. The van der Waals surface area contributed by atoms with Gasteiger partial charge in [0.05, 0.1) is 10.0 Å². The normalized spacial score (nSPS) is 11.8. The van der Waals surface area contributed by atoms with Crippen LogP contribution in [0.1, 0.15) is 24.3 Å². The van der Waals surface area contributed by atoms with Gasteiger partial charge >= 0.3 is 0 Å². The molecule has 2 rings (SSSR count). The third-order valence-corrected chi connectivity index (χ3v) is 7.23. The average Bonchev–Trinajstić information content (AvgIpc) is 2.85. The molecule has 0 unspecified atom stereocenters. The number of hydrogen-bond acceptors (Lipinski definition) is 3. The number of amides is 1. The van der Waals surface area contributed by atoms with E-state index in [9.17, 15) is 13.2 Å². The molecule has 10 heteroatoms. The number of nitrogens with one attached hydrogen (secondary N) is 1. The molecule has 0 radical (unpaired) electrons. The zero-order valence-corrected chi connectivity index (χ0v) is 17.5. The van der Waals surface area contributed by atoms with Crippen molar-refractivity contribution in [1.82, 2.24) is 8.87 Å². The van der Waals surface area contributed by atoms with Crippen molar-refractivity contribution >= 4 is 56.4 Å². The van der Waals surface area contributed by atoms with Gasteiger partial charge in [0.15, 0.2) is 0 Å². The number of nitrogens with zero attached hydrogens (tertiary/aromatic N) is 2. The maximum atomic E-state index is 12.7. The van der Waals surface area contributed by atoms with Gasteiger partial charge in [-0.25, -0.2) is 8.42 Å². The van der Waals surface area contributed by atoms with Crippen LogP contribution in [0.5, 0.6) is 0 Å². The molecule has 0 atom stereocenters. The summed E-state index contributed by atoms with van der Waals surface area (Å²) >= 11 is 18.0. The van der Waals surface area contributed by atoms with Crippen LogP contribution in [0.15, 0.2) is 29.2 Å². The number of hydrogen-bond donors (Lipinski definition) is 1. The Morgan fingerprint density at radius 2 is 1.73 bits per heavy atom. The Morgan fingerprint density at radius 1 is 1.12 bits per heavy atom. The Labute approximate surface area is 167 Å². The summed E-state index contributed by atoms with van der Waals surface area (Å²) in [5.41, 5.74) is 0.529. The number of carbonyl (C=O) groups excluding carboxylic acids is 1. The number of anilines is 1. The van der Waals surface area contributed by atoms with E-state index in [1.54, 1.807) is 20.9 Å². The van der Waals surface area contributed by atoms with Crippen molar-refractivity contribution in [1.29, 1.82) is 0 Å². The molecule has 1 aromatic heterocycles. The van der Waals surface area contributed by atoms with Gasteiger partial charge in [-0.15, -0.1) is 0 Å². The van der Waals surface area contributed by atoms with Crippen LogP contribution in [0.25, 0.3) is 0 Å². The second-order valence-corrected chi connectivity index (χ2v) is 8.49. The minimum absolute atomic E-state index is 0.0661. The lowest BCUT2D eigenvalue weighted by Gasteiger charge is -2.19. The van der Waals surface area contributed by atoms with E-state index < -0.39 is 15.9 Å². The van der Waals surface area contributed by atoms with Gasteiger partial charge in [-0.3, -0.25) is 4.79 Å². The molecule has 0 aliphatic rings. The lowest BCUT2D eigenvalue weighted by atomic mass is 10.3. The lowest BCUT2D eigenvalue weighted by molar-refractivity contribution is 0.101. The maximum Gasteiger partial charge on any atom is 0.272 e. The Balaban J connectivity index is 2.38. The van der Waals surface area contributed by atoms with Crippen molar-refractivity contribution in [2.24, 2.45) is 7.05 Å². The van der Waals surface area contributed by atoms with Crippen LogP contribution in [0.4, 0.5) is 5.69 Å². The Kier molecular flexibility index (Phi) is 6.63. The first kappa shape index (κ1) is 21.1. The fourth-order valence-corrected chi connectivity index (χ4v) is 4.77. The average molecular weight is 439 g/mol. The Hall–Kier alpha value is -1.25. The van der Waals surface area contributed by atoms with E-state index in [4.69, 9.17) is 34.8 Å². The van der Waals surface area contributed by atoms with Crippen molar-refractivity contribution in [3.8, 4) is 0 Å². The predicted molar refractivity (Wildman–Crippen MR) is 105 cm³/mol. The van der Waals surface area contributed by atoms with E-state index >= 15 is 0 Å². The van der Waals surface area contributed by atoms with E-state index in [-0.39, 0.29) is 25.8 Å². The first-order valence-electron chi connectivity index (χ1n) is 7.75. The monoisotopic (exact) mass is 437 g/mol. The molecule has 2 aromatic rings. The van der Waals surface area contributed by atoms with Gasteiger partial charge in [-0.05, 0) is 24.3 Å². The van der Waals surface area contributed by atoms with Gasteiger partial charge in [0.25, 0.3) is 5.91 Å². The number of benzene rings is 1. The van der Waals surface area contributed by atoms with Crippen LogP contribution in [-0.4, -0.2) is 36.3 Å². The molecule has 26 heavy (non-hydrogen) atoms. The van der Waals surface area contributed by atoms with Crippen molar-refractivity contribution in [2.45, 2.75) is 18.7 Å². The molecule has 6 nitrogen and oxygen atoms in total. The van der Waals surface area contributed by atoms with E-state index in [0.29, 0.717) is 18.8 Å². The molecule has 0 saturated heterocycles. The number of carbonyl (C=O) groups is 1. The van der Waals surface area contributed by atoms with E-state index in [0.717, 1.165) is 0 Å². The SMILES string of the molecule is CCN(CC)S(=O)(=O)c1cc(NC(=O)c2cc(Cl)c(Cl)n2C)ccc1Cl. The number of rotatable bonds is 6. The molecule has 1 aromatic carbocycles. The zero-order chi connectivity index (χ0) is 19.6. The molecule has 0 saturated carbocycles. The second kappa shape index (κ2) is 8.19. The number of sulfonamides is 1. The fourth-order valence-electron chi connectivity index (χ4n) is 2.44.